The average molecular weight is 272 g/mol. The average Bonchev–Trinajstić information content (AvgIpc) is 2.38. The first-order chi connectivity index (χ1) is 9.08. The number of likely N-dealkylation sites (N-methyl/N-ethyl adjacent to an activating group) is 1. The van der Waals surface area contributed by atoms with E-state index in [1.54, 1.807) is 0 Å². The minimum atomic E-state index is -0.961. The maximum atomic E-state index is 13.4. The summed E-state index contributed by atoms with van der Waals surface area (Å²) >= 11 is 0. The lowest BCUT2D eigenvalue weighted by Crippen LogP contribution is -2.33. The normalized spacial score (nSPS) is 12.9. The number of halogens is 2. The summed E-state index contributed by atoms with van der Waals surface area (Å²) < 4.78 is 26.2. The van der Waals surface area contributed by atoms with Crippen molar-refractivity contribution in [3.05, 3.63) is 35.4 Å². The quantitative estimate of drug-likeness (QED) is 0.710. The van der Waals surface area contributed by atoms with Crippen molar-refractivity contribution in [3.63, 3.8) is 0 Å². The van der Waals surface area contributed by atoms with Crippen molar-refractivity contribution < 1.29 is 13.9 Å². The molecule has 19 heavy (non-hydrogen) atoms. The molecule has 0 amide bonds. The fourth-order valence-corrected chi connectivity index (χ4v) is 1.90. The van der Waals surface area contributed by atoms with Gasteiger partial charge in [-0.25, -0.2) is 8.78 Å². The van der Waals surface area contributed by atoms with Crippen LogP contribution in [0.5, 0.6) is 0 Å². The highest BCUT2D eigenvalue weighted by Crippen LogP contribution is 2.17. The van der Waals surface area contributed by atoms with E-state index in [1.165, 1.54) is 6.07 Å². The van der Waals surface area contributed by atoms with Gasteiger partial charge in [-0.05, 0) is 19.2 Å². The first-order valence-corrected chi connectivity index (χ1v) is 6.64. The predicted molar refractivity (Wildman–Crippen MR) is 72.0 cm³/mol. The van der Waals surface area contributed by atoms with Crippen LogP contribution in [0.1, 0.15) is 25.5 Å². The van der Waals surface area contributed by atoms with Gasteiger partial charge in [0.25, 0.3) is 0 Å². The van der Waals surface area contributed by atoms with Crippen molar-refractivity contribution in [1.29, 1.82) is 0 Å². The Morgan fingerprint density at radius 1 is 1.26 bits per heavy atom. The van der Waals surface area contributed by atoms with Crippen molar-refractivity contribution >= 4 is 0 Å². The molecule has 1 rings (SSSR count). The minimum Gasteiger partial charge on any atom is -0.387 e. The molecule has 3 nitrogen and oxygen atoms in total. The zero-order valence-corrected chi connectivity index (χ0v) is 11.5. The number of hydrogen-bond donors (Lipinski definition) is 2. The lowest BCUT2D eigenvalue weighted by Gasteiger charge is -2.19. The standard InChI is InChI=1S/C14H22F2N2O/c1-3-18(4-2)8-7-17-10-14(19)12-6-5-11(15)9-13(12)16/h5-6,9,14,17,19H,3-4,7-8,10H2,1-2H3. The first kappa shape index (κ1) is 16.0. The van der Waals surface area contributed by atoms with Gasteiger partial charge in [-0.15, -0.1) is 0 Å². The largest absolute Gasteiger partial charge is 0.387 e. The van der Waals surface area contributed by atoms with Crippen LogP contribution in [0.2, 0.25) is 0 Å². The molecule has 0 aromatic heterocycles. The molecular formula is C14H22F2N2O. The number of nitrogens with one attached hydrogen (secondary N) is 1. The molecule has 0 aliphatic heterocycles. The molecule has 0 aliphatic rings. The Labute approximate surface area is 113 Å². The van der Waals surface area contributed by atoms with E-state index in [0.29, 0.717) is 0 Å². The van der Waals surface area contributed by atoms with Gasteiger partial charge in [-0.3, -0.25) is 0 Å². The molecule has 1 atom stereocenters. The Kier molecular flexibility index (Phi) is 6.91. The van der Waals surface area contributed by atoms with Crippen LogP contribution in [-0.4, -0.2) is 42.7 Å². The highest BCUT2D eigenvalue weighted by Gasteiger charge is 2.13. The molecule has 0 aliphatic carbocycles. The lowest BCUT2D eigenvalue weighted by atomic mass is 10.1. The molecule has 5 heteroatoms. The summed E-state index contributed by atoms with van der Waals surface area (Å²) in [6.45, 7) is 8.00. The third-order valence-electron chi connectivity index (χ3n) is 3.16. The molecule has 1 aromatic rings. The Bertz CT molecular complexity index is 384. The highest BCUT2D eigenvalue weighted by molar-refractivity contribution is 5.21. The van der Waals surface area contributed by atoms with Crippen molar-refractivity contribution in [2.24, 2.45) is 0 Å². The number of hydrogen-bond acceptors (Lipinski definition) is 3. The number of nitrogens with zero attached hydrogens (tertiary/aromatic N) is 1. The van der Waals surface area contributed by atoms with Crippen LogP contribution >= 0.6 is 0 Å². The fourth-order valence-electron chi connectivity index (χ4n) is 1.90. The van der Waals surface area contributed by atoms with Crippen LogP contribution < -0.4 is 5.32 Å². The molecule has 0 saturated heterocycles. The Morgan fingerprint density at radius 2 is 1.95 bits per heavy atom. The van der Waals surface area contributed by atoms with Crippen molar-refractivity contribution in [2.75, 3.05) is 32.7 Å². The highest BCUT2D eigenvalue weighted by atomic mass is 19.1. The summed E-state index contributed by atoms with van der Waals surface area (Å²) in [5.41, 5.74) is 0.122. The van der Waals surface area contributed by atoms with Crippen LogP contribution in [0.4, 0.5) is 8.78 Å². The van der Waals surface area contributed by atoms with Gasteiger partial charge in [0, 0.05) is 31.3 Å². The van der Waals surface area contributed by atoms with E-state index < -0.39 is 17.7 Å². The third-order valence-corrected chi connectivity index (χ3v) is 3.16. The lowest BCUT2D eigenvalue weighted by molar-refractivity contribution is 0.168. The van der Waals surface area contributed by atoms with Gasteiger partial charge in [0.2, 0.25) is 0 Å². The zero-order chi connectivity index (χ0) is 14.3. The van der Waals surface area contributed by atoms with Gasteiger partial charge < -0.3 is 15.3 Å². The summed E-state index contributed by atoms with van der Waals surface area (Å²) in [5.74, 6) is -1.35. The fraction of sp³-hybridized carbons (Fsp3) is 0.571. The van der Waals surface area contributed by atoms with Gasteiger partial charge in [-0.2, -0.15) is 0 Å². The van der Waals surface area contributed by atoms with E-state index in [2.05, 4.69) is 24.1 Å². The summed E-state index contributed by atoms with van der Waals surface area (Å²) in [6, 6.07) is 3.22. The monoisotopic (exact) mass is 272 g/mol. The van der Waals surface area contributed by atoms with Crippen LogP contribution in [0.25, 0.3) is 0 Å². The molecule has 0 bridgehead atoms. The maximum absolute atomic E-state index is 13.4. The second kappa shape index (κ2) is 8.19. The van der Waals surface area contributed by atoms with Crippen LogP contribution in [0.3, 0.4) is 0 Å². The molecule has 0 heterocycles. The van der Waals surface area contributed by atoms with Crippen molar-refractivity contribution in [1.82, 2.24) is 10.2 Å². The number of rotatable bonds is 8. The van der Waals surface area contributed by atoms with E-state index in [1.807, 2.05) is 0 Å². The molecule has 2 N–H and O–H groups in total. The van der Waals surface area contributed by atoms with E-state index in [9.17, 15) is 13.9 Å². The summed E-state index contributed by atoms with van der Waals surface area (Å²) in [5, 5.41) is 12.9. The molecule has 108 valence electrons. The molecule has 0 spiro atoms. The van der Waals surface area contributed by atoms with E-state index in [-0.39, 0.29) is 12.1 Å². The van der Waals surface area contributed by atoms with E-state index >= 15 is 0 Å². The minimum absolute atomic E-state index is 0.122. The van der Waals surface area contributed by atoms with Gasteiger partial charge in [-0.1, -0.05) is 19.9 Å². The SMILES string of the molecule is CCN(CC)CCNCC(O)c1ccc(F)cc1F. The molecular weight excluding hydrogens is 250 g/mol. The van der Waals surface area contributed by atoms with Crippen LogP contribution in [0, 0.1) is 11.6 Å². The molecule has 1 unspecified atom stereocenters. The van der Waals surface area contributed by atoms with Gasteiger partial charge in [0.1, 0.15) is 11.6 Å². The molecule has 1 aromatic carbocycles. The first-order valence-electron chi connectivity index (χ1n) is 6.64. The molecule has 0 fully saturated rings. The third kappa shape index (κ3) is 5.22. The maximum Gasteiger partial charge on any atom is 0.131 e. The smallest absolute Gasteiger partial charge is 0.131 e. The number of benzene rings is 1. The second-order valence-corrected chi connectivity index (χ2v) is 4.41. The summed E-state index contributed by atoms with van der Waals surface area (Å²) in [4.78, 5) is 2.25. The van der Waals surface area contributed by atoms with Crippen molar-refractivity contribution in [2.45, 2.75) is 20.0 Å². The molecule has 0 radical (unpaired) electrons. The van der Waals surface area contributed by atoms with Crippen LogP contribution in [-0.2, 0) is 0 Å². The van der Waals surface area contributed by atoms with Gasteiger partial charge in [0.15, 0.2) is 0 Å². The van der Waals surface area contributed by atoms with E-state index in [0.717, 1.165) is 38.3 Å². The zero-order valence-electron chi connectivity index (χ0n) is 11.5. The second-order valence-electron chi connectivity index (χ2n) is 4.41. The summed E-state index contributed by atoms with van der Waals surface area (Å²) in [7, 11) is 0. The van der Waals surface area contributed by atoms with Crippen LogP contribution in [0.15, 0.2) is 18.2 Å². The number of aliphatic hydroxyl groups excluding tert-OH is 1. The topological polar surface area (TPSA) is 35.5 Å². The summed E-state index contributed by atoms with van der Waals surface area (Å²) in [6.07, 6.45) is -0.961. The Morgan fingerprint density at radius 3 is 2.53 bits per heavy atom. The van der Waals surface area contributed by atoms with Gasteiger partial charge in [0.05, 0.1) is 6.10 Å². The number of aliphatic hydroxyl groups is 1. The Hall–Kier alpha value is -1.04. The van der Waals surface area contributed by atoms with Gasteiger partial charge >= 0.3 is 0 Å². The Balaban J connectivity index is 2.37. The predicted octanol–water partition coefficient (Wildman–Crippen LogP) is 1.93. The molecule has 0 saturated carbocycles. The van der Waals surface area contributed by atoms with E-state index in [4.69, 9.17) is 0 Å². The van der Waals surface area contributed by atoms with Crippen molar-refractivity contribution in [3.8, 4) is 0 Å².